The molecule has 1 aromatic rings. The number of hydrogen-bond acceptors (Lipinski definition) is 5. The summed E-state index contributed by atoms with van der Waals surface area (Å²) in [6.45, 7) is 4.11. The molecule has 1 heterocycles. The van der Waals surface area contributed by atoms with Crippen LogP contribution >= 0.6 is 11.8 Å². The van der Waals surface area contributed by atoms with Crippen molar-refractivity contribution < 1.29 is 9.90 Å². The molecule has 0 bridgehead atoms. The summed E-state index contributed by atoms with van der Waals surface area (Å²) < 4.78 is 0. The second kappa shape index (κ2) is 5.86. The summed E-state index contributed by atoms with van der Waals surface area (Å²) in [6, 6.07) is 0. The van der Waals surface area contributed by atoms with Crippen molar-refractivity contribution >= 4 is 17.7 Å². The van der Waals surface area contributed by atoms with Crippen LogP contribution in [-0.2, 0) is 17.6 Å². The molecule has 0 aromatic carbocycles. The Bertz CT molecular complexity index is 475. The van der Waals surface area contributed by atoms with Gasteiger partial charge in [0.15, 0.2) is 0 Å². The minimum Gasteiger partial charge on any atom is -0.481 e. The first-order valence-corrected chi connectivity index (χ1v) is 7.64. The lowest BCUT2D eigenvalue weighted by Crippen LogP contribution is -2.12. The van der Waals surface area contributed by atoms with Gasteiger partial charge in [-0.1, -0.05) is 25.6 Å². The van der Waals surface area contributed by atoms with Gasteiger partial charge in [-0.05, 0) is 31.1 Å². The first kappa shape index (κ1) is 14.2. The lowest BCUT2D eigenvalue weighted by atomic mass is 10.1. The molecule has 1 fully saturated rings. The van der Waals surface area contributed by atoms with E-state index in [1.807, 2.05) is 6.92 Å². The molecule has 0 radical (unpaired) electrons. The van der Waals surface area contributed by atoms with Crippen LogP contribution in [0, 0.1) is 5.41 Å². The number of thioether (sulfide) groups is 1. The zero-order valence-corrected chi connectivity index (χ0v) is 12.2. The van der Waals surface area contributed by atoms with Gasteiger partial charge in [0.05, 0.1) is 17.8 Å². The quantitative estimate of drug-likeness (QED) is 0.773. The van der Waals surface area contributed by atoms with Gasteiger partial charge in [0.25, 0.3) is 0 Å². The van der Waals surface area contributed by atoms with Crippen LogP contribution in [0.3, 0.4) is 0 Å². The topological polar surface area (TPSA) is 76.0 Å². The molecule has 1 N–H and O–H groups in total. The number of aliphatic carboxylic acids is 1. The normalized spacial score (nSPS) is 16.3. The molecule has 0 amide bonds. The lowest BCUT2D eigenvalue weighted by molar-refractivity contribution is -0.138. The van der Waals surface area contributed by atoms with E-state index < -0.39 is 5.97 Å². The van der Waals surface area contributed by atoms with Crippen molar-refractivity contribution in [3.8, 4) is 0 Å². The zero-order chi connectivity index (χ0) is 13.9. The molecule has 5 nitrogen and oxygen atoms in total. The van der Waals surface area contributed by atoms with Crippen molar-refractivity contribution in [1.29, 1.82) is 0 Å². The van der Waals surface area contributed by atoms with Gasteiger partial charge in [0.1, 0.15) is 0 Å². The zero-order valence-electron chi connectivity index (χ0n) is 11.3. The summed E-state index contributed by atoms with van der Waals surface area (Å²) in [7, 11) is 0. The Balaban J connectivity index is 1.98. The average molecular weight is 281 g/mol. The number of hydrogen-bond donors (Lipinski definition) is 1. The molecule has 0 aliphatic heterocycles. The fraction of sp³-hybridized carbons (Fsp3) is 0.692. The van der Waals surface area contributed by atoms with E-state index in [-0.39, 0.29) is 11.8 Å². The third-order valence-electron chi connectivity index (χ3n) is 3.48. The summed E-state index contributed by atoms with van der Waals surface area (Å²) >= 11 is 1.53. The second-order valence-electron chi connectivity index (χ2n) is 5.05. The number of aryl methyl sites for hydroxylation is 2. The molecule has 0 spiro atoms. The molecule has 6 heteroatoms. The smallest absolute Gasteiger partial charge is 0.303 e. The van der Waals surface area contributed by atoms with E-state index in [1.54, 1.807) is 0 Å². The Morgan fingerprint density at radius 2 is 1.95 bits per heavy atom. The second-order valence-corrected chi connectivity index (χ2v) is 6.00. The van der Waals surface area contributed by atoms with Gasteiger partial charge in [-0.15, -0.1) is 5.10 Å². The molecular formula is C13H19N3O2S. The highest BCUT2D eigenvalue weighted by Crippen LogP contribution is 2.51. The van der Waals surface area contributed by atoms with E-state index in [4.69, 9.17) is 5.11 Å². The first-order chi connectivity index (χ1) is 9.08. The Kier molecular flexibility index (Phi) is 4.39. The van der Waals surface area contributed by atoms with Crippen LogP contribution in [0.4, 0.5) is 0 Å². The highest BCUT2D eigenvalue weighted by molar-refractivity contribution is 7.99. The first-order valence-electron chi connectivity index (χ1n) is 6.65. The van der Waals surface area contributed by atoms with E-state index in [0.717, 1.165) is 42.8 Å². The van der Waals surface area contributed by atoms with E-state index in [0.29, 0.717) is 5.16 Å². The van der Waals surface area contributed by atoms with Crippen LogP contribution in [0.15, 0.2) is 5.16 Å². The third kappa shape index (κ3) is 3.65. The molecule has 1 aromatic heterocycles. The van der Waals surface area contributed by atoms with E-state index >= 15 is 0 Å². The van der Waals surface area contributed by atoms with Crippen LogP contribution in [0.2, 0.25) is 0 Å². The predicted molar refractivity (Wildman–Crippen MR) is 73.2 cm³/mol. The average Bonchev–Trinajstić information content (AvgIpc) is 3.15. The van der Waals surface area contributed by atoms with Crippen LogP contribution in [0.25, 0.3) is 0 Å². The number of carboxylic acids is 1. The van der Waals surface area contributed by atoms with Crippen molar-refractivity contribution in [3.05, 3.63) is 11.4 Å². The number of nitrogens with zero attached hydrogens (tertiary/aromatic N) is 3. The number of carbonyl (C=O) groups is 1. The van der Waals surface area contributed by atoms with E-state index in [2.05, 4.69) is 22.1 Å². The summed E-state index contributed by atoms with van der Waals surface area (Å²) in [4.78, 5) is 15.3. The molecule has 2 rings (SSSR count). The molecular weight excluding hydrogens is 262 g/mol. The van der Waals surface area contributed by atoms with Crippen molar-refractivity contribution in [3.63, 3.8) is 0 Å². The van der Waals surface area contributed by atoms with Crippen molar-refractivity contribution in [2.75, 3.05) is 5.75 Å². The predicted octanol–water partition coefficient (Wildman–Crippen LogP) is 2.34. The Morgan fingerprint density at radius 3 is 2.47 bits per heavy atom. The van der Waals surface area contributed by atoms with Gasteiger partial charge < -0.3 is 5.11 Å². The van der Waals surface area contributed by atoms with Crippen LogP contribution in [0.5, 0.6) is 0 Å². The molecule has 0 saturated heterocycles. The third-order valence-corrected chi connectivity index (χ3v) is 4.67. The Labute approximate surface area is 117 Å². The van der Waals surface area contributed by atoms with Gasteiger partial charge in [0.2, 0.25) is 5.16 Å². The SMILES string of the molecule is CCc1nnc(SCC2(CC(=O)O)CC2)nc1CC. The molecule has 104 valence electrons. The monoisotopic (exact) mass is 281 g/mol. The Hall–Kier alpha value is -1.17. The van der Waals surface area contributed by atoms with E-state index in [9.17, 15) is 4.79 Å². The molecule has 0 atom stereocenters. The van der Waals surface area contributed by atoms with Crippen LogP contribution in [-0.4, -0.2) is 32.0 Å². The van der Waals surface area contributed by atoms with Crippen LogP contribution in [0.1, 0.15) is 44.5 Å². The minimum atomic E-state index is -0.715. The van der Waals surface area contributed by atoms with Gasteiger partial charge in [-0.2, -0.15) is 5.10 Å². The van der Waals surface area contributed by atoms with Gasteiger partial charge in [-0.25, -0.2) is 4.98 Å². The fourth-order valence-electron chi connectivity index (χ4n) is 2.07. The summed E-state index contributed by atoms with van der Waals surface area (Å²) in [5, 5.41) is 17.9. The van der Waals surface area contributed by atoms with Crippen molar-refractivity contribution in [1.82, 2.24) is 15.2 Å². The van der Waals surface area contributed by atoms with E-state index in [1.165, 1.54) is 11.8 Å². The minimum absolute atomic E-state index is 0.0321. The summed E-state index contributed by atoms with van der Waals surface area (Å²) in [5.74, 6) is 0.0583. The van der Waals surface area contributed by atoms with Gasteiger partial charge in [-0.3, -0.25) is 4.79 Å². The highest BCUT2D eigenvalue weighted by Gasteiger charge is 2.44. The number of carboxylic acid groups (broad SMARTS) is 1. The summed E-state index contributed by atoms with van der Waals surface area (Å²) in [5.41, 5.74) is 1.93. The molecule has 0 unspecified atom stereocenters. The molecule has 1 aliphatic carbocycles. The maximum atomic E-state index is 10.8. The standard InChI is InChI=1S/C13H19N3O2S/c1-3-9-10(4-2)15-16-12(14-9)19-8-13(5-6-13)7-11(17)18/h3-8H2,1-2H3,(H,17,18). The van der Waals surface area contributed by atoms with Crippen LogP contribution < -0.4 is 0 Å². The van der Waals surface area contributed by atoms with Crippen molar-refractivity contribution in [2.24, 2.45) is 5.41 Å². The molecule has 1 aliphatic rings. The number of aromatic nitrogens is 3. The highest BCUT2D eigenvalue weighted by atomic mass is 32.2. The maximum absolute atomic E-state index is 10.8. The van der Waals surface area contributed by atoms with Gasteiger partial charge in [0, 0.05) is 5.75 Å². The van der Waals surface area contributed by atoms with Gasteiger partial charge >= 0.3 is 5.97 Å². The fourth-order valence-corrected chi connectivity index (χ4v) is 3.17. The lowest BCUT2D eigenvalue weighted by Gasteiger charge is -2.11. The van der Waals surface area contributed by atoms with Crippen molar-refractivity contribution in [2.45, 2.75) is 51.1 Å². The largest absolute Gasteiger partial charge is 0.481 e. The number of rotatable bonds is 7. The summed E-state index contributed by atoms with van der Waals surface area (Å²) in [6.07, 6.45) is 3.94. The molecule has 1 saturated carbocycles. The maximum Gasteiger partial charge on any atom is 0.303 e. The Morgan fingerprint density at radius 1 is 1.26 bits per heavy atom. The molecule has 19 heavy (non-hydrogen) atoms.